The van der Waals surface area contributed by atoms with Crippen LogP contribution in [0.2, 0.25) is 0 Å². The number of nitrogen functional groups attached to an aromatic ring is 1. The third-order valence-electron chi connectivity index (χ3n) is 3.75. The Morgan fingerprint density at radius 2 is 2.28 bits per heavy atom. The highest BCUT2D eigenvalue weighted by molar-refractivity contribution is 5.46. The first-order chi connectivity index (χ1) is 8.63. The lowest BCUT2D eigenvalue weighted by atomic mass is 9.73. The van der Waals surface area contributed by atoms with E-state index in [1.807, 2.05) is 6.07 Å². The topological polar surface area (TPSA) is 114 Å². The molecule has 0 saturated heterocycles. The molecular weight excluding hydrogens is 228 g/mol. The van der Waals surface area contributed by atoms with E-state index in [9.17, 15) is 0 Å². The molecule has 1 aliphatic rings. The average molecular weight is 246 g/mol. The third kappa shape index (κ3) is 2.39. The van der Waals surface area contributed by atoms with E-state index in [0.717, 1.165) is 18.4 Å². The number of hydrogen-bond acceptors (Lipinski definition) is 4. The van der Waals surface area contributed by atoms with Crippen LogP contribution in [0.25, 0.3) is 10.4 Å². The van der Waals surface area contributed by atoms with E-state index in [-0.39, 0.29) is 18.0 Å². The largest absolute Gasteiger partial charge is 0.397 e. The molecule has 0 spiro atoms. The van der Waals surface area contributed by atoms with E-state index in [0.29, 0.717) is 11.6 Å². The highest BCUT2D eigenvalue weighted by Crippen LogP contribution is 2.38. The smallest absolute Gasteiger partial charge is 0.0551 e. The first-order valence-corrected chi connectivity index (χ1v) is 6.12. The van der Waals surface area contributed by atoms with Gasteiger partial charge in [-0.15, -0.1) is 0 Å². The number of aromatic nitrogens is 1. The van der Waals surface area contributed by atoms with Gasteiger partial charge in [0.1, 0.15) is 0 Å². The lowest BCUT2D eigenvalue weighted by Gasteiger charge is -2.36. The van der Waals surface area contributed by atoms with Gasteiger partial charge in [0.15, 0.2) is 0 Å². The van der Waals surface area contributed by atoms with Crippen molar-refractivity contribution >= 4 is 5.69 Å². The lowest BCUT2D eigenvalue weighted by molar-refractivity contribution is 0.264. The van der Waals surface area contributed by atoms with Crippen LogP contribution in [0.1, 0.15) is 31.2 Å². The van der Waals surface area contributed by atoms with Crippen LogP contribution in [0, 0.1) is 5.92 Å². The predicted molar refractivity (Wildman–Crippen MR) is 70.7 cm³/mol. The number of anilines is 1. The fourth-order valence-electron chi connectivity index (χ4n) is 2.88. The summed E-state index contributed by atoms with van der Waals surface area (Å²) in [5.74, 6) is 0.588. The number of pyridine rings is 1. The van der Waals surface area contributed by atoms with E-state index in [1.165, 1.54) is 0 Å². The summed E-state index contributed by atoms with van der Waals surface area (Å²) >= 11 is 0. The molecule has 18 heavy (non-hydrogen) atoms. The fraction of sp³-hybridized carbons (Fsp3) is 0.583. The van der Waals surface area contributed by atoms with Gasteiger partial charge in [0, 0.05) is 17.2 Å². The second-order valence-electron chi connectivity index (χ2n) is 5.01. The van der Waals surface area contributed by atoms with Crippen molar-refractivity contribution in [3.63, 3.8) is 0 Å². The zero-order chi connectivity index (χ0) is 13.1. The summed E-state index contributed by atoms with van der Waals surface area (Å²) in [6.07, 6.45) is 5.15. The zero-order valence-corrected chi connectivity index (χ0v) is 10.4. The molecule has 1 saturated carbocycles. The van der Waals surface area contributed by atoms with Crippen LogP contribution in [0.15, 0.2) is 23.6 Å². The second kappa shape index (κ2) is 5.25. The van der Waals surface area contributed by atoms with Gasteiger partial charge >= 0.3 is 0 Å². The minimum Gasteiger partial charge on any atom is -0.397 e. The molecule has 6 heteroatoms. The maximum absolute atomic E-state index is 8.56. The van der Waals surface area contributed by atoms with E-state index >= 15 is 0 Å². The molecule has 96 valence electrons. The van der Waals surface area contributed by atoms with Crippen molar-refractivity contribution in [3.8, 4) is 0 Å². The van der Waals surface area contributed by atoms with E-state index in [2.05, 4.69) is 21.9 Å². The predicted octanol–water partition coefficient (Wildman–Crippen LogP) is 2.18. The Bertz CT molecular complexity index is 455. The van der Waals surface area contributed by atoms with Gasteiger partial charge < -0.3 is 11.5 Å². The van der Waals surface area contributed by atoms with Crippen LogP contribution in [0.4, 0.5) is 5.69 Å². The summed E-state index contributed by atoms with van der Waals surface area (Å²) in [4.78, 5) is 6.89. The molecule has 0 unspecified atom stereocenters. The SMILES string of the molecule is C[C@H]1C[C@@H](c2ccncc2N)C[C@@H](N)[C@@H]1N=[N+]=[N-]. The zero-order valence-electron chi connectivity index (χ0n) is 10.4. The standard InChI is InChI=1S/C12H18N6/c1-7-4-8(5-10(13)12(7)17-18-15)9-2-3-16-6-11(9)14/h2-3,6-8,10,12H,4-5,13-14H2,1H3/t7-,8+,10+,12+/m0/s1. The number of azide groups is 1. The Labute approximate surface area is 106 Å². The Hall–Kier alpha value is -1.78. The molecule has 0 amide bonds. The second-order valence-corrected chi connectivity index (χ2v) is 5.01. The van der Waals surface area contributed by atoms with Crippen LogP contribution in [-0.2, 0) is 0 Å². The Morgan fingerprint density at radius 1 is 1.50 bits per heavy atom. The summed E-state index contributed by atoms with van der Waals surface area (Å²) in [7, 11) is 0. The molecular formula is C12H18N6. The van der Waals surface area contributed by atoms with E-state index < -0.39 is 0 Å². The molecule has 6 nitrogen and oxygen atoms in total. The van der Waals surface area contributed by atoms with Crippen molar-refractivity contribution in [3.05, 3.63) is 34.5 Å². The summed E-state index contributed by atoms with van der Waals surface area (Å²) in [5, 5.41) is 3.81. The molecule has 1 heterocycles. The minimum atomic E-state index is -0.116. The van der Waals surface area contributed by atoms with Crippen molar-refractivity contribution in [1.29, 1.82) is 0 Å². The van der Waals surface area contributed by atoms with Gasteiger partial charge in [-0.25, -0.2) is 0 Å². The molecule has 1 fully saturated rings. The fourth-order valence-corrected chi connectivity index (χ4v) is 2.88. The maximum Gasteiger partial charge on any atom is 0.0551 e. The molecule has 1 aromatic rings. The van der Waals surface area contributed by atoms with Crippen molar-refractivity contribution in [2.24, 2.45) is 16.8 Å². The van der Waals surface area contributed by atoms with Crippen molar-refractivity contribution in [2.45, 2.75) is 37.8 Å². The lowest BCUT2D eigenvalue weighted by Crippen LogP contribution is -2.43. The molecule has 0 radical (unpaired) electrons. The Morgan fingerprint density at radius 3 is 2.89 bits per heavy atom. The normalized spacial score (nSPS) is 31.7. The highest BCUT2D eigenvalue weighted by Gasteiger charge is 2.34. The van der Waals surface area contributed by atoms with Crippen LogP contribution in [0.5, 0.6) is 0 Å². The number of nitrogens with zero attached hydrogens (tertiary/aromatic N) is 4. The third-order valence-corrected chi connectivity index (χ3v) is 3.75. The monoisotopic (exact) mass is 246 g/mol. The highest BCUT2D eigenvalue weighted by atomic mass is 15.2. The van der Waals surface area contributed by atoms with Crippen LogP contribution < -0.4 is 11.5 Å². The van der Waals surface area contributed by atoms with Gasteiger partial charge in [0.05, 0.1) is 17.9 Å². The van der Waals surface area contributed by atoms with Crippen LogP contribution >= 0.6 is 0 Å². The summed E-state index contributed by atoms with van der Waals surface area (Å²) in [6, 6.07) is 1.73. The van der Waals surface area contributed by atoms with Gasteiger partial charge in [-0.05, 0) is 41.8 Å². The number of hydrogen-bond donors (Lipinski definition) is 2. The molecule has 4 N–H and O–H groups in total. The van der Waals surface area contributed by atoms with Gasteiger partial charge in [0.25, 0.3) is 0 Å². The van der Waals surface area contributed by atoms with Crippen molar-refractivity contribution in [1.82, 2.24) is 4.98 Å². The number of rotatable bonds is 2. The van der Waals surface area contributed by atoms with Gasteiger partial charge in [0.2, 0.25) is 0 Å². The van der Waals surface area contributed by atoms with Crippen molar-refractivity contribution in [2.75, 3.05) is 5.73 Å². The molecule has 0 aliphatic heterocycles. The quantitative estimate of drug-likeness (QED) is 0.473. The van der Waals surface area contributed by atoms with Gasteiger partial charge in [-0.1, -0.05) is 12.0 Å². The summed E-state index contributed by atoms with van der Waals surface area (Å²) in [6.45, 7) is 2.07. The van der Waals surface area contributed by atoms with E-state index in [1.54, 1.807) is 12.4 Å². The maximum atomic E-state index is 8.56. The minimum absolute atomic E-state index is 0.109. The van der Waals surface area contributed by atoms with Crippen LogP contribution in [0.3, 0.4) is 0 Å². The molecule has 1 aromatic heterocycles. The molecule has 1 aliphatic carbocycles. The average Bonchev–Trinajstić information content (AvgIpc) is 2.34. The Balaban J connectivity index is 2.20. The van der Waals surface area contributed by atoms with Crippen molar-refractivity contribution < 1.29 is 0 Å². The molecule has 4 atom stereocenters. The van der Waals surface area contributed by atoms with Gasteiger partial charge in [-0.3, -0.25) is 4.98 Å². The Kier molecular flexibility index (Phi) is 3.69. The van der Waals surface area contributed by atoms with Gasteiger partial charge in [-0.2, -0.15) is 0 Å². The first-order valence-electron chi connectivity index (χ1n) is 6.12. The molecule has 0 aromatic carbocycles. The van der Waals surface area contributed by atoms with Crippen LogP contribution in [-0.4, -0.2) is 17.1 Å². The van der Waals surface area contributed by atoms with E-state index in [4.69, 9.17) is 17.0 Å². The number of nitrogens with two attached hydrogens (primary N) is 2. The first kappa shape index (κ1) is 12.7. The molecule has 2 rings (SSSR count). The summed E-state index contributed by atoms with van der Waals surface area (Å²) in [5.41, 5.74) is 22.4. The molecule has 0 bridgehead atoms. The summed E-state index contributed by atoms with van der Waals surface area (Å²) < 4.78 is 0.